The van der Waals surface area contributed by atoms with Crippen molar-refractivity contribution in [2.24, 2.45) is 0 Å². The highest BCUT2D eigenvalue weighted by atomic mass is 35.5. The summed E-state index contributed by atoms with van der Waals surface area (Å²) >= 11 is 6.08. The molecule has 1 aliphatic heterocycles. The van der Waals surface area contributed by atoms with E-state index in [4.69, 9.17) is 16.3 Å². The van der Waals surface area contributed by atoms with Gasteiger partial charge in [-0.3, -0.25) is 14.2 Å². The number of halogens is 1. The predicted octanol–water partition coefficient (Wildman–Crippen LogP) is 3.39. The lowest BCUT2D eigenvalue weighted by molar-refractivity contribution is -0.114. The van der Waals surface area contributed by atoms with Gasteiger partial charge in [0, 0.05) is 18.7 Å². The number of pyridine rings is 1. The number of hydrogen-bond acceptors (Lipinski definition) is 4. The number of nitrogens with one attached hydrogen (secondary N) is 1. The van der Waals surface area contributed by atoms with Crippen LogP contribution in [0.3, 0.4) is 0 Å². The minimum atomic E-state index is -0.674. The maximum absolute atomic E-state index is 12.7. The quantitative estimate of drug-likeness (QED) is 0.879. The lowest BCUT2D eigenvalue weighted by atomic mass is 9.97. The van der Waals surface area contributed by atoms with Gasteiger partial charge in [-0.05, 0) is 44.2 Å². The van der Waals surface area contributed by atoms with Gasteiger partial charge in [-0.2, -0.15) is 5.26 Å². The number of ether oxygens (including phenoxy) is 1. The van der Waals surface area contributed by atoms with Crippen molar-refractivity contribution in [1.82, 2.24) is 4.57 Å². The van der Waals surface area contributed by atoms with Crippen LogP contribution in [-0.4, -0.2) is 16.1 Å². The lowest BCUT2D eigenvalue weighted by Gasteiger charge is -2.31. The van der Waals surface area contributed by atoms with E-state index in [1.807, 2.05) is 13.8 Å². The first-order valence-electron chi connectivity index (χ1n) is 7.87. The number of nitrogens with zero attached hydrogens (tertiary/aromatic N) is 2. The number of amides is 1. The van der Waals surface area contributed by atoms with Crippen molar-refractivity contribution >= 4 is 28.9 Å². The molecule has 1 aromatic heterocycles. The monoisotopic (exact) mass is 369 g/mol. The summed E-state index contributed by atoms with van der Waals surface area (Å²) in [6.45, 7) is 5.09. The topological polar surface area (TPSA) is 84.1 Å². The Morgan fingerprint density at radius 2 is 2.08 bits per heavy atom. The fraction of sp³-hybridized carbons (Fsp3) is 0.211. The zero-order valence-electron chi connectivity index (χ0n) is 14.5. The molecule has 2 aromatic rings. The predicted molar refractivity (Wildman–Crippen MR) is 99.3 cm³/mol. The van der Waals surface area contributed by atoms with Crippen LogP contribution in [0.25, 0.3) is 5.70 Å². The number of benzene rings is 1. The molecule has 0 atom stereocenters. The number of anilines is 1. The molecule has 132 valence electrons. The summed E-state index contributed by atoms with van der Waals surface area (Å²) in [4.78, 5) is 24.0. The van der Waals surface area contributed by atoms with Gasteiger partial charge in [-0.1, -0.05) is 11.6 Å². The smallest absolute Gasteiger partial charge is 0.273 e. The van der Waals surface area contributed by atoms with Gasteiger partial charge in [0.1, 0.15) is 16.4 Å². The summed E-state index contributed by atoms with van der Waals surface area (Å²) < 4.78 is 7.29. The highest BCUT2D eigenvalue weighted by Gasteiger charge is 2.28. The third kappa shape index (κ3) is 3.35. The van der Waals surface area contributed by atoms with Gasteiger partial charge >= 0.3 is 0 Å². The van der Waals surface area contributed by atoms with E-state index in [-0.39, 0.29) is 10.9 Å². The van der Waals surface area contributed by atoms with Crippen molar-refractivity contribution in [2.45, 2.75) is 26.4 Å². The van der Waals surface area contributed by atoms with Crippen molar-refractivity contribution in [1.29, 1.82) is 5.26 Å². The van der Waals surface area contributed by atoms with Crippen LogP contribution in [-0.2, 0) is 4.79 Å². The molecule has 26 heavy (non-hydrogen) atoms. The van der Waals surface area contributed by atoms with Crippen molar-refractivity contribution in [3.63, 3.8) is 0 Å². The molecule has 6 nitrogen and oxygen atoms in total. The first-order chi connectivity index (χ1) is 12.2. The first-order valence-corrected chi connectivity index (χ1v) is 8.24. The maximum Gasteiger partial charge on any atom is 0.273 e. The van der Waals surface area contributed by atoms with Crippen LogP contribution in [0.2, 0.25) is 5.02 Å². The van der Waals surface area contributed by atoms with Crippen molar-refractivity contribution < 1.29 is 9.53 Å². The molecule has 0 saturated carbocycles. The number of fused-ring (bicyclic) bond motifs is 1. The maximum atomic E-state index is 12.7. The van der Waals surface area contributed by atoms with Crippen molar-refractivity contribution in [3.8, 4) is 11.8 Å². The van der Waals surface area contributed by atoms with Crippen molar-refractivity contribution in [2.75, 3.05) is 5.32 Å². The number of hydrogen-bond donors (Lipinski definition) is 1. The molecule has 7 heteroatoms. The largest absolute Gasteiger partial charge is 0.483 e. The Hall–Kier alpha value is -3.04. The molecule has 0 saturated heterocycles. The van der Waals surface area contributed by atoms with E-state index in [2.05, 4.69) is 11.4 Å². The molecular weight excluding hydrogens is 354 g/mol. The molecule has 0 aliphatic carbocycles. The molecule has 1 aliphatic rings. The molecular formula is C19H16ClN3O3. The van der Waals surface area contributed by atoms with Crippen LogP contribution in [0, 0.1) is 11.3 Å². The van der Waals surface area contributed by atoms with E-state index in [0.29, 0.717) is 28.3 Å². The van der Waals surface area contributed by atoms with E-state index in [1.54, 1.807) is 24.3 Å². The van der Waals surface area contributed by atoms with Gasteiger partial charge in [-0.15, -0.1) is 0 Å². The summed E-state index contributed by atoms with van der Waals surface area (Å²) in [6, 6.07) is 8.49. The Morgan fingerprint density at radius 3 is 2.73 bits per heavy atom. The second kappa shape index (κ2) is 6.36. The molecule has 0 bridgehead atoms. The standard InChI is InChI=1S/C19H16ClN3O3/c1-11(24)22-13-7-15(20)18(25)23(10-13)16-8-19(2,3)26-17-5-4-12(9-21)6-14(16)17/h4-8,10H,1-3H3,(H,22,24). The second-order valence-electron chi connectivity index (χ2n) is 6.49. The summed E-state index contributed by atoms with van der Waals surface area (Å²) in [7, 11) is 0. The fourth-order valence-corrected chi connectivity index (χ4v) is 3.02. The molecule has 0 unspecified atom stereocenters. The van der Waals surface area contributed by atoms with E-state index in [1.165, 1.54) is 23.8 Å². The van der Waals surface area contributed by atoms with E-state index in [9.17, 15) is 14.9 Å². The first kappa shape index (κ1) is 17.8. The van der Waals surface area contributed by atoms with Gasteiger partial charge in [0.05, 0.1) is 23.0 Å². The van der Waals surface area contributed by atoms with E-state index in [0.717, 1.165) is 0 Å². The third-order valence-electron chi connectivity index (χ3n) is 3.80. The zero-order chi connectivity index (χ0) is 19.1. The SMILES string of the molecule is CC(=O)Nc1cc(Cl)c(=O)n(C2=CC(C)(C)Oc3ccc(C#N)cc32)c1. The summed E-state index contributed by atoms with van der Waals surface area (Å²) in [6.07, 6.45) is 3.29. The lowest BCUT2D eigenvalue weighted by Crippen LogP contribution is -2.32. The number of carbonyl (C=O) groups is 1. The van der Waals surface area contributed by atoms with Crippen LogP contribution in [0.15, 0.2) is 41.3 Å². The molecule has 3 rings (SSSR count). The Labute approximate surface area is 155 Å². The van der Waals surface area contributed by atoms with Gasteiger partial charge < -0.3 is 10.1 Å². The van der Waals surface area contributed by atoms with Crippen LogP contribution < -0.4 is 15.6 Å². The number of nitriles is 1. The molecule has 2 heterocycles. The van der Waals surface area contributed by atoms with Gasteiger partial charge in [-0.25, -0.2) is 0 Å². The molecule has 0 radical (unpaired) electrons. The second-order valence-corrected chi connectivity index (χ2v) is 6.90. The molecule has 1 amide bonds. The minimum Gasteiger partial charge on any atom is -0.483 e. The fourth-order valence-electron chi connectivity index (χ4n) is 2.81. The van der Waals surface area contributed by atoms with Crippen LogP contribution in [0.1, 0.15) is 31.9 Å². The normalized spacial score (nSPS) is 14.5. The van der Waals surface area contributed by atoms with Gasteiger partial charge in [0.15, 0.2) is 0 Å². The number of rotatable bonds is 2. The van der Waals surface area contributed by atoms with Crippen molar-refractivity contribution in [3.05, 3.63) is 63.0 Å². The Balaban J connectivity index is 2.27. The molecule has 1 N–H and O–H groups in total. The Kier molecular flexibility index (Phi) is 4.34. The third-order valence-corrected chi connectivity index (χ3v) is 4.07. The summed E-state index contributed by atoms with van der Waals surface area (Å²) in [5, 5.41) is 11.8. The van der Waals surface area contributed by atoms with E-state index >= 15 is 0 Å². The minimum absolute atomic E-state index is 0.0283. The van der Waals surface area contributed by atoms with Crippen LogP contribution in [0.4, 0.5) is 5.69 Å². The van der Waals surface area contributed by atoms with Crippen LogP contribution >= 0.6 is 11.6 Å². The average Bonchev–Trinajstić information content (AvgIpc) is 2.55. The van der Waals surface area contributed by atoms with Crippen LogP contribution in [0.5, 0.6) is 5.75 Å². The Morgan fingerprint density at radius 1 is 1.35 bits per heavy atom. The summed E-state index contributed by atoms with van der Waals surface area (Å²) in [5.41, 5.74) is 0.860. The summed E-state index contributed by atoms with van der Waals surface area (Å²) in [5.74, 6) is 0.277. The van der Waals surface area contributed by atoms with Gasteiger partial charge in [0.25, 0.3) is 5.56 Å². The average molecular weight is 370 g/mol. The molecule has 0 fully saturated rings. The van der Waals surface area contributed by atoms with E-state index < -0.39 is 11.2 Å². The number of carbonyl (C=O) groups excluding carboxylic acids is 1. The number of aromatic nitrogens is 1. The molecule has 0 spiro atoms. The Bertz CT molecular complexity index is 1040. The zero-order valence-corrected chi connectivity index (χ0v) is 15.2. The van der Waals surface area contributed by atoms with Gasteiger partial charge in [0.2, 0.25) is 5.91 Å². The highest BCUT2D eigenvalue weighted by molar-refractivity contribution is 6.30. The highest BCUT2D eigenvalue weighted by Crippen LogP contribution is 2.37. The molecule has 1 aromatic carbocycles.